The van der Waals surface area contributed by atoms with Gasteiger partial charge in [-0.25, -0.2) is 0 Å². The van der Waals surface area contributed by atoms with E-state index in [2.05, 4.69) is 5.32 Å². The Hall–Kier alpha value is -2.17. The predicted molar refractivity (Wildman–Crippen MR) is 114 cm³/mol. The minimum Gasteiger partial charge on any atom is -0.490 e. The zero-order chi connectivity index (χ0) is 21.9. The fraction of sp³-hybridized carbons (Fsp3) is 0.609. The molecule has 5 nitrogen and oxygen atoms in total. The van der Waals surface area contributed by atoms with E-state index in [1.165, 1.54) is 0 Å². The molecule has 1 N–H and O–H groups in total. The highest BCUT2D eigenvalue weighted by molar-refractivity contribution is 6.04. The Morgan fingerprint density at radius 1 is 1.18 bits per heavy atom. The lowest BCUT2D eigenvalue weighted by molar-refractivity contribution is -0.136. The summed E-state index contributed by atoms with van der Waals surface area (Å²) in [4.78, 5) is 35.9. The number of imide groups is 1. The number of benzene rings is 1. The van der Waals surface area contributed by atoms with E-state index in [0.29, 0.717) is 24.8 Å². The molecule has 0 bridgehead atoms. The van der Waals surface area contributed by atoms with Crippen LogP contribution in [-0.4, -0.2) is 23.7 Å². The lowest BCUT2D eigenvalue weighted by Crippen LogP contribution is -2.41. The molecule has 0 aromatic heterocycles. The van der Waals surface area contributed by atoms with Crippen LogP contribution in [0.4, 0.5) is 0 Å². The van der Waals surface area contributed by atoms with Crippen molar-refractivity contribution in [1.82, 2.24) is 5.32 Å². The summed E-state index contributed by atoms with van der Waals surface area (Å²) in [6.45, 7) is 15.9. The topological polar surface area (TPSA) is 72.5 Å². The summed E-state index contributed by atoms with van der Waals surface area (Å²) < 4.78 is 5.91. The SMILES string of the molecule is CC.CC.CCc1c(C(=O)CC2CCC(=O)NC2=O)ccc(C)c1OC(C)C. The number of aryl methyl sites for hydroxylation is 1. The number of hydrogen-bond donors (Lipinski definition) is 1. The van der Waals surface area contributed by atoms with E-state index in [9.17, 15) is 14.4 Å². The molecule has 1 fully saturated rings. The van der Waals surface area contributed by atoms with E-state index in [0.717, 1.165) is 16.9 Å². The first-order chi connectivity index (χ1) is 13.3. The molecule has 158 valence electrons. The van der Waals surface area contributed by atoms with Crippen molar-refractivity contribution in [1.29, 1.82) is 0 Å². The van der Waals surface area contributed by atoms with Crippen molar-refractivity contribution in [3.05, 3.63) is 28.8 Å². The molecule has 28 heavy (non-hydrogen) atoms. The third-order valence-corrected chi connectivity index (χ3v) is 4.25. The van der Waals surface area contributed by atoms with Gasteiger partial charge in [-0.2, -0.15) is 0 Å². The van der Waals surface area contributed by atoms with Crippen LogP contribution < -0.4 is 10.1 Å². The van der Waals surface area contributed by atoms with E-state index in [1.54, 1.807) is 0 Å². The number of carbonyl (C=O) groups is 3. The van der Waals surface area contributed by atoms with Crippen molar-refractivity contribution in [2.75, 3.05) is 0 Å². The summed E-state index contributed by atoms with van der Waals surface area (Å²) in [6, 6.07) is 3.70. The molecule has 0 saturated carbocycles. The van der Waals surface area contributed by atoms with Gasteiger partial charge in [0.15, 0.2) is 5.78 Å². The first-order valence-electron chi connectivity index (χ1n) is 10.5. The van der Waals surface area contributed by atoms with E-state index >= 15 is 0 Å². The number of ether oxygens (including phenoxy) is 1. The second-order valence-corrected chi connectivity index (χ2v) is 6.53. The van der Waals surface area contributed by atoms with Crippen LogP contribution in [-0.2, 0) is 16.0 Å². The van der Waals surface area contributed by atoms with Crippen molar-refractivity contribution in [2.24, 2.45) is 5.92 Å². The molecule has 0 radical (unpaired) electrons. The molecule has 1 atom stereocenters. The number of rotatable bonds is 6. The molecule has 0 aliphatic carbocycles. The molecular weight excluding hydrogens is 354 g/mol. The van der Waals surface area contributed by atoms with Gasteiger partial charge in [-0.1, -0.05) is 46.8 Å². The Morgan fingerprint density at radius 3 is 2.29 bits per heavy atom. The molecule has 1 aromatic rings. The molecule has 5 heteroatoms. The Bertz CT molecular complexity index is 665. The summed E-state index contributed by atoms with van der Waals surface area (Å²) in [5.74, 6) is -0.350. The average Bonchev–Trinajstić information content (AvgIpc) is 2.68. The molecular formula is C23H37NO4. The van der Waals surface area contributed by atoms with Gasteiger partial charge in [0, 0.05) is 29.9 Å². The second-order valence-electron chi connectivity index (χ2n) is 6.53. The number of carbonyl (C=O) groups excluding carboxylic acids is 3. The number of hydrogen-bond acceptors (Lipinski definition) is 4. The molecule has 1 aliphatic rings. The summed E-state index contributed by atoms with van der Waals surface area (Å²) >= 11 is 0. The third kappa shape index (κ3) is 7.10. The van der Waals surface area contributed by atoms with Crippen LogP contribution >= 0.6 is 0 Å². The van der Waals surface area contributed by atoms with Gasteiger partial charge in [-0.15, -0.1) is 0 Å². The quantitative estimate of drug-likeness (QED) is 0.546. The van der Waals surface area contributed by atoms with Gasteiger partial charge < -0.3 is 4.74 Å². The fourth-order valence-electron chi connectivity index (χ4n) is 3.02. The summed E-state index contributed by atoms with van der Waals surface area (Å²) in [7, 11) is 0. The van der Waals surface area contributed by atoms with Crippen LogP contribution in [0.15, 0.2) is 12.1 Å². The fourth-order valence-corrected chi connectivity index (χ4v) is 3.02. The monoisotopic (exact) mass is 391 g/mol. The Kier molecular flexibility index (Phi) is 12.1. The van der Waals surface area contributed by atoms with Crippen LogP contribution in [0.5, 0.6) is 5.75 Å². The number of piperidine rings is 1. The molecule has 0 spiro atoms. The Morgan fingerprint density at radius 2 is 1.79 bits per heavy atom. The summed E-state index contributed by atoms with van der Waals surface area (Å²) in [6.07, 6.45) is 1.55. The summed E-state index contributed by atoms with van der Waals surface area (Å²) in [5, 5.41) is 2.31. The van der Waals surface area contributed by atoms with Crippen LogP contribution in [0.1, 0.15) is 89.2 Å². The van der Waals surface area contributed by atoms with Gasteiger partial charge in [0.1, 0.15) is 5.75 Å². The predicted octanol–water partition coefficient (Wildman–Crippen LogP) is 5.02. The minimum absolute atomic E-state index is 0.0227. The highest BCUT2D eigenvalue weighted by Crippen LogP contribution is 2.30. The maximum atomic E-state index is 12.7. The number of ketones is 1. The Labute approximate surface area is 170 Å². The maximum absolute atomic E-state index is 12.7. The van der Waals surface area contributed by atoms with Gasteiger partial charge >= 0.3 is 0 Å². The molecule has 1 saturated heterocycles. The highest BCUT2D eigenvalue weighted by Gasteiger charge is 2.29. The molecule has 1 unspecified atom stereocenters. The standard InChI is InChI=1S/C19H25NO4.2C2H6/c1-5-14-15(8-6-12(4)18(14)24-11(2)3)16(21)10-13-7-9-17(22)20-19(13)23;2*1-2/h6,8,11,13H,5,7,9-10H2,1-4H3,(H,20,22,23);2*1-2H3. The highest BCUT2D eigenvalue weighted by atomic mass is 16.5. The largest absolute Gasteiger partial charge is 0.490 e. The molecule has 2 amide bonds. The van der Waals surface area contributed by atoms with Gasteiger partial charge in [-0.3, -0.25) is 19.7 Å². The number of amides is 2. The van der Waals surface area contributed by atoms with Crippen molar-refractivity contribution < 1.29 is 19.1 Å². The molecule has 1 aromatic carbocycles. The molecule has 1 heterocycles. The van der Waals surface area contributed by atoms with Crippen LogP contribution in [0.3, 0.4) is 0 Å². The van der Waals surface area contributed by atoms with Gasteiger partial charge in [0.25, 0.3) is 0 Å². The first-order valence-corrected chi connectivity index (χ1v) is 10.5. The molecule has 1 aliphatic heterocycles. The van der Waals surface area contributed by atoms with E-state index in [-0.39, 0.29) is 30.1 Å². The maximum Gasteiger partial charge on any atom is 0.230 e. The Balaban J connectivity index is 0.00000171. The normalized spacial score (nSPS) is 15.7. The molecule has 2 rings (SSSR count). The van der Waals surface area contributed by atoms with E-state index in [4.69, 9.17) is 4.74 Å². The van der Waals surface area contributed by atoms with Gasteiger partial charge in [0.2, 0.25) is 11.8 Å². The van der Waals surface area contributed by atoms with Crippen LogP contribution in [0.2, 0.25) is 0 Å². The zero-order valence-electron chi connectivity index (χ0n) is 18.8. The summed E-state index contributed by atoms with van der Waals surface area (Å²) in [5.41, 5.74) is 2.50. The van der Waals surface area contributed by atoms with Crippen molar-refractivity contribution in [3.63, 3.8) is 0 Å². The first kappa shape index (κ1) is 25.8. The van der Waals surface area contributed by atoms with Crippen molar-refractivity contribution in [2.45, 2.75) is 87.2 Å². The third-order valence-electron chi connectivity index (χ3n) is 4.25. The van der Waals surface area contributed by atoms with Crippen LogP contribution in [0, 0.1) is 12.8 Å². The number of nitrogens with one attached hydrogen (secondary N) is 1. The van der Waals surface area contributed by atoms with Crippen molar-refractivity contribution in [3.8, 4) is 5.75 Å². The second kappa shape index (κ2) is 13.1. The minimum atomic E-state index is -0.435. The lowest BCUT2D eigenvalue weighted by Gasteiger charge is -2.22. The van der Waals surface area contributed by atoms with Gasteiger partial charge in [-0.05, 0) is 39.2 Å². The van der Waals surface area contributed by atoms with E-state index < -0.39 is 5.92 Å². The smallest absolute Gasteiger partial charge is 0.230 e. The van der Waals surface area contributed by atoms with Gasteiger partial charge in [0.05, 0.1) is 6.10 Å². The zero-order valence-corrected chi connectivity index (χ0v) is 18.8. The van der Waals surface area contributed by atoms with Crippen LogP contribution in [0.25, 0.3) is 0 Å². The van der Waals surface area contributed by atoms with E-state index in [1.807, 2.05) is 67.5 Å². The number of Topliss-reactive ketones (excluding diaryl/α,β-unsaturated/α-hetero) is 1. The van der Waals surface area contributed by atoms with Crippen molar-refractivity contribution >= 4 is 17.6 Å². The average molecular weight is 392 g/mol. The lowest BCUT2D eigenvalue weighted by atomic mass is 9.88.